The fourth-order valence-electron chi connectivity index (χ4n) is 3.94. The van der Waals surface area contributed by atoms with Crippen molar-refractivity contribution in [1.29, 1.82) is 0 Å². The highest BCUT2D eigenvalue weighted by molar-refractivity contribution is 6.00. The molecule has 0 bridgehead atoms. The number of esters is 1. The molecule has 11 heteroatoms. The zero-order valence-corrected chi connectivity index (χ0v) is 22.6. The van der Waals surface area contributed by atoms with E-state index in [-0.39, 0.29) is 37.5 Å². The molecule has 0 saturated carbocycles. The molecule has 9 nitrogen and oxygen atoms in total. The first-order chi connectivity index (χ1) is 18.4. The van der Waals surface area contributed by atoms with Crippen molar-refractivity contribution in [3.05, 3.63) is 65.2 Å². The van der Waals surface area contributed by atoms with Crippen LogP contribution in [0.1, 0.15) is 58.1 Å². The number of carbonyl (C=O) groups is 2. The second-order valence-electron chi connectivity index (χ2n) is 10.2. The number of carbonyl (C=O) groups excluding carboxylic acids is 2. The summed E-state index contributed by atoms with van der Waals surface area (Å²) in [5, 5.41) is 8.91. The number of aliphatic imine (C=N–C) groups is 1. The number of hydrazine groups is 1. The summed E-state index contributed by atoms with van der Waals surface area (Å²) in [5.74, 6) is -1.52. The molecule has 3 N–H and O–H groups in total. The van der Waals surface area contributed by atoms with E-state index in [0.29, 0.717) is 24.3 Å². The fraction of sp³-hybridized carbons (Fsp3) is 0.464. The van der Waals surface area contributed by atoms with Gasteiger partial charge in [-0.1, -0.05) is 0 Å². The molecule has 39 heavy (non-hydrogen) atoms. The summed E-state index contributed by atoms with van der Waals surface area (Å²) in [6.07, 6.45) is -0.380. The highest BCUT2D eigenvalue weighted by atomic mass is 19.1. The summed E-state index contributed by atoms with van der Waals surface area (Å²) in [5.41, 5.74) is 3.56. The average Bonchev–Trinajstić information content (AvgIpc) is 3.21. The molecule has 1 heterocycles. The van der Waals surface area contributed by atoms with Crippen LogP contribution in [-0.2, 0) is 25.6 Å². The first-order valence-electron chi connectivity index (χ1n) is 12.7. The van der Waals surface area contributed by atoms with Crippen LogP contribution < -0.4 is 15.6 Å². The molecule has 2 aromatic carbocycles. The van der Waals surface area contributed by atoms with Crippen molar-refractivity contribution in [2.75, 3.05) is 13.2 Å². The molecule has 212 valence electrons. The number of amides is 1. The molecule has 0 aliphatic carbocycles. The first kappa shape index (κ1) is 30.0. The van der Waals surface area contributed by atoms with E-state index >= 15 is 0 Å². The summed E-state index contributed by atoms with van der Waals surface area (Å²) in [4.78, 5) is 30.6. The molecule has 0 unspecified atom stereocenters. The minimum absolute atomic E-state index is 0.0171. The van der Waals surface area contributed by atoms with Gasteiger partial charge in [-0.15, -0.1) is 0 Å². The Bertz CT molecular complexity index is 1180. The summed E-state index contributed by atoms with van der Waals surface area (Å²) >= 11 is 0. The van der Waals surface area contributed by atoms with Crippen LogP contribution in [0.3, 0.4) is 0 Å². The van der Waals surface area contributed by atoms with Gasteiger partial charge in [0.25, 0.3) is 5.91 Å². The Labute approximate surface area is 226 Å². The van der Waals surface area contributed by atoms with Crippen LogP contribution in [0.2, 0.25) is 0 Å². The van der Waals surface area contributed by atoms with Gasteiger partial charge in [0.05, 0.1) is 6.61 Å². The van der Waals surface area contributed by atoms with Crippen LogP contribution in [0.5, 0.6) is 5.75 Å². The van der Waals surface area contributed by atoms with Gasteiger partial charge in [-0.3, -0.25) is 15.0 Å². The maximum absolute atomic E-state index is 14.0. The Morgan fingerprint density at radius 1 is 1.15 bits per heavy atom. The van der Waals surface area contributed by atoms with Crippen molar-refractivity contribution < 1.29 is 37.7 Å². The van der Waals surface area contributed by atoms with Crippen LogP contribution in [0.15, 0.2) is 47.5 Å². The number of aliphatic hydroxyl groups is 1. The summed E-state index contributed by atoms with van der Waals surface area (Å²) in [7, 11) is 0. The summed E-state index contributed by atoms with van der Waals surface area (Å²) < 4.78 is 44.4. The molecule has 1 aliphatic heterocycles. The standard InChI is InChI=1S/C28H35F2N3O6/c1-18-28(13-12-24(35)39-27(2,3)4,26(36)33-31-17-20-16-21(29)8-11-23(20)30)32-25(38-18)19-6-9-22(10-7-19)37-15-5-14-34/h6-11,16,18,31,34H,5,12-15,17H2,1-4H3,(H,33,36)/t18-,28-/m0/s1. The maximum Gasteiger partial charge on any atom is 0.306 e. The molecule has 1 amide bonds. The molecule has 0 fully saturated rings. The fourth-order valence-corrected chi connectivity index (χ4v) is 3.94. The molecule has 0 spiro atoms. The monoisotopic (exact) mass is 547 g/mol. The number of nitrogens with one attached hydrogen (secondary N) is 2. The zero-order chi connectivity index (χ0) is 28.6. The molecule has 2 aromatic rings. The van der Waals surface area contributed by atoms with E-state index < -0.39 is 40.8 Å². The molecule has 0 radical (unpaired) electrons. The van der Waals surface area contributed by atoms with Crippen molar-refractivity contribution in [2.24, 2.45) is 4.99 Å². The highest BCUT2D eigenvalue weighted by Crippen LogP contribution is 2.34. The Morgan fingerprint density at radius 3 is 2.54 bits per heavy atom. The molecule has 1 aliphatic rings. The van der Waals surface area contributed by atoms with Gasteiger partial charge in [-0.25, -0.2) is 19.2 Å². The molecule has 0 aromatic heterocycles. The third-order valence-corrected chi connectivity index (χ3v) is 5.95. The lowest BCUT2D eigenvalue weighted by molar-refractivity contribution is -0.155. The Kier molecular flexibility index (Phi) is 9.98. The van der Waals surface area contributed by atoms with Crippen LogP contribution in [0.25, 0.3) is 0 Å². The predicted molar refractivity (Wildman–Crippen MR) is 140 cm³/mol. The first-order valence-corrected chi connectivity index (χ1v) is 12.7. The highest BCUT2D eigenvalue weighted by Gasteiger charge is 2.50. The number of ether oxygens (including phenoxy) is 3. The second kappa shape index (κ2) is 13.0. The molecule has 0 saturated heterocycles. The predicted octanol–water partition coefficient (Wildman–Crippen LogP) is 3.57. The van der Waals surface area contributed by atoms with Crippen molar-refractivity contribution in [2.45, 2.75) is 70.7 Å². The van der Waals surface area contributed by atoms with Gasteiger partial charge in [-0.05, 0) is 76.6 Å². The van der Waals surface area contributed by atoms with Gasteiger partial charge >= 0.3 is 5.97 Å². The van der Waals surface area contributed by atoms with Gasteiger partial charge in [0, 0.05) is 37.1 Å². The van der Waals surface area contributed by atoms with Crippen LogP contribution >= 0.6 is 0 Å². The van der Waals surface area contributed by atoms with E-state index in [0.717, 1.165) is 18.2 Å². The van der Waals surface area contributed by atoms with Crippen molar-refractivity contribution >= 4 is 17.8 Å². The number of aliphatic hydroxyl groups excluding tert-OH is 1. The quantitative estimate of drug-likeness (QED) is 0.211. The van der Waals surface area contributed by atoms with E-state index in [9.17, 15) is 18.4 Å². The van der Waals surface area contributed by atoms with E-state index in [1.165, 1.54) is 0 Å². The number of hydrogen-bond acceptors (Lipinski definition) is 8. The van der Waals surface area contributed by atoms with E-state index in [1.807, 2.05) is 0 Å². The van der Waals surface area contributed by atoms with Crippen molar-refractivity contribution in [3.63, 3.8) is 0 Å². The Morgan fingerprint density at radius 2 is 1.87 bits per heavy atom. The van der Waals surface area contributed by atoms with Crippen molar-refractivity contribution in [3.8, 4) is 5.75 Å². The number of benzene rings is 2. The van der Waals surface area contributed by atoms with Crippen LogP contribution in [0.4, 0.5) is 8.78 Å². The van der Waals surface area contributed by atoms with Gasteiger partial charge in [0.2, 0.25) is 5.90 Å². The lowest BCUT2D eigenvalue weighted by Gasteiger charge is -2.28. The second-order valence-corrected chi connectivity index (χ2v) is 10.2. The SMILES string of the molecule is C[C@@H]1OC(c2ccc(OCCCO)cc2)=N[C@]1(CCC(=O)OC(C)(C)C)C(=O)NNCc1cc(F)ccc1F. The minimum Gasteiger partial charge on any atom is -0.494 e. The molecular formula is C28H35F2N3O6. The molecular weight excluding hydrogens is 512 g/mol. The average molecular weight is 548 g/mol. The number of halogens is 2. The maximum atomic E-state index is 14.0. The molecule has 2 atom stereocenters. The molecule has 3 rings (SSSR count). The lowest BCUT2D eigenvalue weighted by atomic mass is 9.88. The summed E-state index contributed by atoms with van der Waals surface area (Å²) in [6, 6.07) is 9.94. The van der Waals surface area contributed by atoms with Gasteiger partial charge in [0.1, 0.15) is 29.1 Å². The third kappa shape index (κ3) is 8.21. The normalized spacial score (nSPS) is 18.7. The van der Waals surface area contributed by atoms with E-state index in [1.54, 1.807) is 52.0 Å². The van der Waals surface area contributed by atoms with Crippen molar-refractivity contribution in [1.82, 2.24) is 10.9 Å². The number of hydrogen-bond donors (Lipinski definition) is 3. The van der Waals surface area contributed by atoms with E-state index in [4.69, 9.17) is 19.3 Å². The Hall–Kier alpha value is -3.57. The smallest absolute Gasteiger partial charge is 0.306 e. The minimum atomic E-state index is -1.50. The largest absolute Gasteiger partial charge is 0.494 e. The Balaban J connectivity index is 1.79. The van der Waals surface area contributed by atoms with Gasteiger partial charge in [-0.2, -0.15) is 0 Å². The van der Waals surface area contributed by atoms with Gasteiger partial charge < -0.3 is 19.3 Å². The number of nitrogens with zero attached hydrogens (tertiary/aromatic N) is 1. The topological polar surface area (TPSA) is 118 Å². The van der Waals surface area contributed by atoms with Crippen LogP contribution in [-0.4, -0.2) is 53.3 Å². The van der Waals surface area contributed by atoms with Gasteiger partial charge in [0.15, 0.2) is 5.54 Å². The summed E-state index contributed by atoms with van der Waals surface area (Å²) in [6.45, 7) is 7.13. The van der Waals surface area contributed by atoms with Crippen LogP contribution in [0, 0.1) is 11.6 Å². The van der Waals surface area contributed by atoms with E-state index in [2.05, 4.69) is 15.8 Å². The third-order valence-electron chi connectivity index (χ3n) is 5.95. The number of rotatable bonds is 12. The zero-order valence-electron chi connectivity index (χ0n) is 22.6. The lowest BCUT2D eigenvalue weighted by Crippen LogP contribution is -2.54.